The molecule has 0 spiro atoms. The summed E-state index contributed by atoms with van der Waals surface area (Å²) in [5.74, 6) is 0. The van der Waals surface area contributed by atoms with Crippen LogP contribution in [0.5, 0.6) is 0 Å². The molecule has 0 amide bonds. The van der Waals surface area contributed by atoms with Crippen LogP contribution in [0, 0.1) is 0 Å². The van der Waals surface area contributed by atoms with Crippen LogP contribution < -0.4 is 0 Å². The van der Waals surface area contributed by atoms with Gasteiger partial charge in [0.2, 0.25) is 4.38 Å². The highest BCUT2D eigenvalue weighted by atomic mass is 32.2. The molecule has 0 aromatic carbocycles. The van der Waals surface area contributed by atoms with Gasteiger partial charge in [-0.05, 0) is 32.6 Å². The number of rotatable bonds is 3. The van der Waals surface area contributed by atoms with Crippen LogP contribution in [0.4, 0.5) is 0 Å². The fraction of sp³-hybridized carbons (Fsp3) is 0.833. The van der Waals surface area contributed by atoms with Gasteiger partial charge in [-0.1, -0.05) is 11.8 Å². The van der Waals surface area contributed by atoms with Gasteiger partial charge in [-0.15, -0.1) is 0 Å². The summed E-state index contributed by atoms with van der Waals surface area (Å²) in [5, 5.41) is 0. The Bertz CT molecular complexity index is 106. The van der Waals surface area contributed by atoms with Gasteiger partial charge in [0.05, 0.1) is 0 Å². The molecule has 0 rings (SSSR count). The third kappa shape index (κ3) is 6.32. The molecule has 2 nitrogen and oxygen atoms in total. The third-order valence-corrected chi connectivity index (χ3v) is 1.99. The van der Waals surface area contributed by atoms with E-state index in [-0.39, 0.29) is 0 Å². The lowest BCUT2D eigenvalue weighted by Gasteiger charge is -2.09. The molecule has 60 valence electrons. The average Bonchev–Trinajstić information content (AvgIpc) is 1.87. The van der Waals surface area contributed by atoms with E-state index in [4.69, 9.17) is 17.0 Å². The first-order valence-corrected chi connectivity index (χ1v) is 4.65. The van der Waals surface area contributed by atoms with Crippen molar-refractivity contribution < 1.29 is 4.74 Å². The predicted octanol–water partition coefficient (Wildman–Crippen LogP) is 1.21. The van der Waals surface area contributed by atoms with Crippen molar-refractivity contribution in [1.29, 1.82) is 0 Å². The number of hydrogen-bond acceptors (Lipinski definition) is 4. The molecule has 4 heteroatoms. The molecule has 0 atom stereocenters. The molecule has 0 radical (unpaired) electrons. The van der Waals surface area contributed by atoms with Crippen LogP contribution in [-0.2, 0) is 4.74 Å². The first-order valence-electron chi connectivity index (χ1n) is 3.02. The van der Waals surface area contributed by atoms with Crippen molar-refractivity contribution >= 4 is 28.4 Å². The summed E-state index contributed by atoms with van der Waals surface area (Å²) in [6, 6.07) is 0. The van der Waals surface area contributed by atoms with E-state index in [1.54, 1.807) is 0 Å². The molecule has 0 fully saturated rings. The topological polar surface area (TPSA) is 12.5 Å². The number of thiocarbonyl (C=S) groups is 1. The lowest BCUT2D eigenvalue weighted by Crippen LogP contribution is -2.18. The maximum absolute atomic E-state index is 5.15. The van der Waals surface area contributed by atoms with Crippen LogP contribution in [0.25, 0.3) is 0 Å². The molecule has 0 saturated heterocycles. The van der Waals surface area contributed by atoms with Gasteiger partial charge in [0.25, 0.3) is 0 Å². The second kappa shape index (κ2) is 5.95. The van der Waals surface area contributed by atoms with E-state index in [1.807, 2.05) is 20.4 Å². The van der Waals surface area contributed by atoms with E-state index < -0.39 is 0 Å². The summed E-state index contributed by atoms with van der Waals surface area (Å²) in [6.45, 7) is 1.60. The maximum Gasteiger partial charge on any atom is 0.219 e. The van der Waals surface area contributed by atoms with E-state index in [0.29, 0.717) is 11.0 Å². The summed E-state index contributed by atoms with van der Waals surface area (Å²) in [7, 11) is 4.01. The van der Waals surface area contributed by atoms with Gasteiger partial charge in [-0.25, -0.2) is 0 Å². The predicted molar refractivity (Wildman–Crippen MR) is 50.6 cm³/mol. The van der Waals surface area contributed by atoms with Crippen molar-refractivity contribution in [3.8, 4) is 0 Å². The van der Waals surface area contributed by atoms with E-state index in [9.17, 15) is 0 Å². The first kappa shape index (κ1) is 10.2. The monoisotopic (exact) mass is 179 g/mol. The second-order valence-electron chi connectivity index (χ2n) is 2.11. The minimum absolute atomic E-state index is 0.627. The van der Waals surface area contributed by atoms with Crippen molar-refractivity contribution in [2.24, 2.45) is 0 Å². The summed E-state index contributed by atoms with van der Waals surface area (Å²) < 4.78 is 5.78. The Kier molecular flexibility index (Phi) is 6.06. The lowest BCUT2D eigenvalue weighted by atomic mass is 10.6. The molecule has 0 saturated carbocycles. The van der Waals surface area contributed by atoms with Crippen molar-refractivity contribution in [2.45, 2.75) is 0 Å². The molecule has 0 aliphatic carbocycles. The summed E-state index contributed by atoms with van der Waals surface area (Å²) in [4.78, 5) is 2.06. The number of ether oxygens (including phenoxy) is 1. The summed E-state index contributed by atoms with van der Waals surface area (Å²) >= 11 is 6.30. The molecule has 0 aromatic heterocycles. The van der Waals surface area contributed by atoms with Crippen LogP contribution in [-0.4, -0.2) is 42.8 Å². The third-order valence-electron chi connectivity index (χ3n) is 0.925. The SMILES string of the molecule is CSC(=S)OCCN(C)C. The summed E-state index contributed by atoms with van der Waals surface area (Å²) in [6.07, 6.45) is 1.91. The highest BCUT2D eigenvalue weighted by Crippen LogP contribution is 1.98. The number of nitrogens with zero attached hydrogens (tertiary/aromatic N) is 1. The molecular weight excluding hydrogens is 166 g/mol. The standard InChI is InChI=1S/C6H13NOS2/c1-7(2)4-5-8-6(9)10-3/h4-5H2,1-3H3. The lowest BCUT2D eigenvalue weighted by molar-refractivity contribution is 0.262. The van der Waals surface area contributed by atoms with Gasteiger partial charge in [-0.2, -0.15) is 0 Å². The Morgan fingerprint density at radius 3 is 2.60 bits per heavy atom. The fourth-order valence-corrected chi connectivity index (χ4v) is 0.655. The van der Waals surface area contributed by atoms with Crippen LogP contribution in [0.1, 0.15) is 0 Å². The number of likely N-dealkylation sites (N-methyl/N-ethyl adjacent to an activating group) is 1. The number of thioether (sulfide) groups is 1. The molecule has 10 heavy (non-hydrogen) atoms. The van der Waals surface area contributed by atoms with Gasteiger partial charge in [-0.3, -0.25) is 0 Å². The Balaban J connectivity index is 3.12. The minimum atomic E-state index is 0.627. The van der Waals surface area contributed by atoms with Gasteiger partial charge < -0.3 is 9.64 Å². The largest absolute Gasteiger partial charge is 0.477 e. The van der Waals surface area contributed by atoms with Crippen LogP contribution in [0.15, 0.2) is 0 Å². The first-order chi connectivity index (χ1) is 4.66. The molecule has 0 aliphatic heterocycles. The van der Waals surface area contributed by atoms with E-state index in [0.717, 1.165) is 6.54 Å². The molecule has 0 unspecified atom stereocenters. The quantitative estimate of drug-likeness (QED) is 0.604. The van der Waals surface area contributed by atoms with Crippen LogP contribution >= 0.6 is 24.0 Å². The van der Waals surface area contributed by atoms with Gasteiger partial charge >= 0.3 is 0 Å². The van der Waals surface area contributed by atoms with Gasteiger partial charge in [0.1, 0.15) is 6.61 Å². The van der Waals surface area contributed by atoms with Crippen LogP contribution in [0.3, 0.4) is 0 Å². The summed E-state index contributed by atoms with van der Waals surface area (Å²) in [5.41, 5.74) is 0. The molecule has 0 bridgehead atoms. The molecule has 0 N–H and O–H groups in total. The highest BCUT2D eigenvalue weighted by molar-refractivity contribution is 8.22. The maximum atomic E-state index is 5.15. The highest BCUT2D eigenvalue weighted by Gasteiger charge is 1.93. The molecule has 0 aliphatic rings. The smallest absolute Gasteiger partial charge is 0.219 e. The van der Waals surface area contributed by atoms with Crippen molar-refractivity contribution in [2.75, 3.05) is 33.5 Å². The Morgan fingerprint density at radius 2 is 2.20 bits per heavy atom. The van der Waals surface area contributed by atoms with Crippen molar-refractivity contribution in [1.82, 2.24) is 4.90 Å². The zero-order valence-electron chi connectivity index (χ0n) is 6.59. The second-order valence-corrected chi connectivity index (χ2v) is 3.51. The van der Waals surface area contributed by atoms with Crippen molar-refractivity contribution in [3.63, 3.8) is 0 Å². The van der Waals surface area contributed by atoms with E-state index in [1.165, 1.54) is 11.8 Å². The van der Waals surface area contributed by atoms with E-state index >= 15 is 0 Å². The molecule has 0 heterocycles. The zero-order chi connectivity index (χ0) is 7.98. The minimum Gasteiger partial charge on any atom is -0.477 e. The van der Waals surface area contributed by atoms with Gasteiger partial charge in [0, 0.05) is 6.54 Å². The van der Waals surface area contributed by atoms with Crippen LogP contribution in [0.2, 0.25) is 0 Å². The average molecular weight is 179 g/mol. The molecule has 0 aromatic rings. The van der Waals surface area contributed by atoms with Crippen molar-refractivity contribution in [3.05, 3.63) is 0 Å². The van der Waals surface area contributed by atoms with E-state index in [2.05, 4.69) is 4.90 Å². The normalized spacial score (nSPS) is 10.0. The Labute approximate surface area is 71.9 Å². The zero-order valence-corrected chi connectivity index (χ0v) is 8.22. The number of hydrogen-bond donors (Lipinski definition) is 0. The molecular formula is C6H13NOS2. The fourth-order valence-electron chi connectivity index (χ4n) is 0.370. The van der Waals surface area contributed by atoms with Gasteiger partial charge in [0.15, 0.2) is 0 Å². The Morgan fingerprint density at radius 1 is 1.60 bits per heavy atom. The Hall–Kier alpha value is 0.200.